The van der Waals surface area contributed by atoms with Crippen molar-refractivity contribution in [2.75, 3.05) is 25.0 Å². The van der Waals surface area contributed by atoms with Gasteiger partial charge in [0.05, 0.1) is 0 Å². The summed E-state index contributed by atoms with van der Waals surface area (Å²) < 4.78 is 0. The first-order valence-corrected chi connectivity index (χ1v) is 9.45. The lowest BCUT2D eigenvalue weighted by Crippen LogP contribution is -2.39. The number of hydrogen-bond donors (Lipinski definition) is 3. The maximum atomic E-state index is 12.5. The molecule has 0 spiro atoms. The number of anilines is 1. The van der Waals surface area contributed by atoms with Gasteiger partial charge in [0.15, 0.2) is 0 Å². The minimum atomic E-state index is -0.339. The number of carbonyl (C=O) groups is 1. The summed E-state index contributed by atoms with van der Waals surface area (Å²) >= 11 is 0. The summed E-state index contributed by atoms with van der Waals surface area (Å²) in [6, 6.07) is 5.95. The number of pyridine rings is 1. The van der Waals surface area contributed by atoms with Crippen molar-refractivity contribution in [2.45, 2.75) is 45.6 Å². The Kier molecular flexibility index (Phi) is 5.93. The molecular weight excluding hydrogens is 328 g/mol. The fraction of sp³-hybridized carbons (Fsp3) is 0.500. The lowest BCUT2D eigenvalue weighted by atomic mass is 10.0. The van der Waals surface area contributed by atoms with Gasteiger partial charge in [-0.05, 0) is 51.8 Å². The zero-order valence-electron chi connectivity index (χ0n) is 15.6. The monoisotopic (exact) mass is 356 g/mol. The number of H-pyrrole nitrogens is 1. The molecule has 3 N–H and O–H groups in total. The average molecular weight is 356 g/mol. The summed E-state index contributed by atoms with van der Waals surface area (Å²) in [7, 11) is 0. The molecule has 2 amide bonds. The SMILES string of the molecule is Cc1ccc2[nH]cc(NC(=O)NCCCN3CCCCC3C)c(=O)c2c1. The third-order valence-corrected chi connectivity index (χ3v) is 5.13. The van der Waals surface area contributed by atoms with Gasteiger partial charge in [-0.1, -0.05) is 18.1 Å². The summed E-state index contributed by atoms with van der Waals surface area (Å²) in [6.45, 7) is 6.96. The van der Waals surface area contributed by atoms with Gasteiger partial charge in [-0.15, -0.1) is 0 Å². The summed E-state index contributed by atoms with van der Waals surface area (Å²) in [4.78, 5) is 30.2. The molecule has 0 aliphatic carbocycles. The second-order valence-electron chi connectivity index (χ2n) is 7.20. The first kappa shape index (κ1) is 18.5. The maximum Gasteiger partial charge on any atom is 0.319 e. The van der Waals surface area contributed by atoms with Crippen molar-refractivity contribution in [1.82, 2.24) is 15.2 Å². The highest BCUT2D eigenvalue weighted by atomic mass is 16.2. The number of fused-ring (bicyclic) bond motifs is 1. The van der Waals surface area contributed by atoms with Gasteiger partial charge in [0.25, 0.3) is 0 Å². The Hall–Kier alpha value is -2.34. The molecule has 0 saturated carbocycles. The Morgan fingerprint density at radius 2 is 2.19 bits per heavy atom. The van der Waals surface area contributed by atoms with E-state index in [0.29, 0.717) is 18.0 Å². The number of nitrogens with one attached hydrogen (secondary N) is 3. The van der Waals surface area contributed by atoms with E-state index < -0.39 is 0 Å². The molecule has 1 aliphatic heterocycles. The number of rotatable bonds is 5. The van der Waals surface area contributed by atoms with Gasteiger partial charge in [0.1, 0.15) is 5.69 Å². The van der Waals surface area contributed by atoms with Crippen molar-refractivity contribution in [2.24, 2.45) is 0 Å². The molecule has 0 radical (unpaired) electrons. The molecule has 1 fully saturated rings. The zero-order chi connectivity index (χ0) is 18.5. The number of nitrogens with zero attached hydrogens (tertiary/aromatic N) is 1. The number of urea groups is 1. The average Bonchev–Trinajstić information content (AvgIpc) is 2.63. The van der Waals surface area contributed by atoms with Gasteiger partial charge in [-0.25, -0.2) is 4.79 Å². The molecule has 3 rings (SSSR count). The van der Waals surface area contributed by atoms with Crippen LogP contribution in [0.3, 0.4) is 0 Å². The van der Waals surface area contributed by atoms with Crippen molar-refractivity contribution in [3.63, 3.8) is 0 Å². The van der Waals surface area contributed by atoms with Crippen LogP contribution >= 0.6 is 0 Å². The molecule has 1 atom stereocenters. The van der Waals surface area contributed by atoms with Crippen LogP contribution < -0.4 is 16.1 Å². The molecule has 140 valence electrons. The Labute approximate surface area is 154 Å². The predicted molar refractivity (Wildman–Crippen MR) is 106 cm³/mol. The van der Waals surface area contributed by atoms with E-state index >= 15 is 0 Å². The van der Waals surface area contributed by atoms with E-state index in [1.807, 2.05) is 25.1 Å². The highest BCUT2D eigenvalue weighted by Crippen LogP contribution is 2.16. The number of benzene rings is 1. The Balaban J connectivity index is 1.51. The van der Waals surface area contributed by atoms with E-state index in [2.05, 4.69) is 27.4 Å². The molecule has 6 nitrogen and oxygen atoms in total. The summed E-state index contributed by atoms with van der Waals surface area (Å²) in [6.07, 6.45) is 6.30. The van der Waals surface area contributed by atoms with Gasteiger partial charge < -0.3 is 20.5 Å². The lowest BCUT2D eigenvalue weighted by molar-refractivity contribution is 0.159. The van der Waals surface area contributed by atoms with E-state index in [0.717, 1.165) is 30.6 Å². The molecule has 6 heteroatoms. The fourth-order valence-electron chi connectivity index (χ4n) is 3.57. The van der Waals surface area contributed by atoms with Gasteiger partial charge in [0, 0.05) is 36.2 Å². The zero-order valence-corrected chi connectivity index (χ0v) is 15.6. The summed E-state index contributed by atoms with van der Waals surface area (Å²) in [5.74, 6) is 0. The van der Waals surface area contributed by atoms with Crippen molar-refractivity contribution in [3.05, 3.63) is 40.2 Å². The number of hydrogen-bond acceptors (Lipinski definition) is 3. The Morgan fingerprint density at radius 1 is 1.35 bits per heavy atom. The van der Waals surface area contributed by atoms with Crippen LogP contribution in [0.25, 0.3) is 10.9 Å². The van der Waals surface area contributed by atoms with Crippen LogP contribution in [0.5, 0.6) is 0 Å². The Bertz CT molecular complexity index is 830. The van der Waals surface area contributed by atoms with E-state index in [9.17, 15) is 9.59 Å². The molecule has 2 aromatic rings. The van der Waals surface area contributed by atoms with Crippen LogP contribution in [0.15, 0.2) is 29.2 Å². The number of amides is 2. The molecule has 1 aromatic heterocycles. The van der Waals surface area contributed by atoms with Crippen LogP contribution in [0.1, 0.15) is 38.2 Å². The summed E-state index contributed by atoms with van der Waals surface area (Å²) in [5, 5.41) is 6.09. The van der Waals surface area contributed by atoms with E-state index in [4.69, 9.17) is 0 Å². The number of aromatic amines is 1. The van der Waals surface area contributed by atoms with Crippen LogP contribution in [0.4, 0.5) is 10.5 Å². The van der Waals surface area contributed by atoms with Crippen LogP contribution in [-0.2, 0) is 0 Å². The van der Waals surface area contributed by atoms with Crippen LogP contribution in [0.2, 0.25) is 0 Å². The lowest BCUT2D eigenvalue weighted by Gasteiger charge is -2.33. The first-order chi connectivity index (χ1) is 12.5. The molecular formula is C20H28N4O2. The van der Waals surface area contributed by atoms with Crippen LogP contribution in [-0.4, -0.2) is 41.6 Å². The summed E-state index contributed by atoms with van der Waals surface area (Å²) in [5.41, 5.74) is 1.88. The fourth-order valence-corrected chi connectivity index (χ4v) is 3.57. The minimum absolute atomic E-state index is 0.167. The molecule has 1 saturated heterocycles. The van der Waals surface area contributed by atoms with Gasteiger partial charge in [-0.2, -0.15) is 0 Å². The highest BCUT2D eigenvalue weighted by Gasteiger charge is 2.17. The van der Waals surface area contributed by atoms with E-state index in [-0.39, 0.29) is 17.1 Å². The maximum absolute atomic E-state index is 12.5. The van der Waals surface area contributed by atoms with Gasteiger partial charge >= 0.3 is 6.03 Å². The first-order valence-electron chi connectivity index (χ1n) is 9.45. The highest BCUT2D eigenvalue weighted by molar-refractivity contribution is 5.91. The quantitative estimate of drug-likeness (QED) is 0.720. The molecule has 1 aliphatic rings. The molecule has 26 heavy (non-hydrogen) atoms. The van der Waals surface area contributed by atoms with E-state index in [1.165, 1.54) is 19.3 Å². The Morgan fingerprint density at radius 3 is 3.00 bits per heavy atom. The van der Waals surface area contributed by atoms with Crippen molar-refractivity contribution in [3.8, 4) is 0 Å². The number of likely N-dealkylation sites (tertiary alicyclic amines) is 1. The molecule has 2 heterocycles. The van der Waals surface area contributed by atoms with Gasteiger partial charge in [-0.3, -0.25) is 4.79 Å². The number of carbonyl (C=O) groups excluding carboxylic acids is 1. The molecule has 1 aromatic carbocycles. The van der Waals surface area contributed by atoms with Crippen molar-refractivity contribution >= 4 is 22.6 Å². The standard InChI is InChI=1S/C20H28N4O2/c1-14-7-8-17-16(12-14)19(25)18(13-22-17)23-20(26)21-9-5-11-24-10-4-3-6-15(24)2/h7-8,12-13,15H,3-6,9-11H2,1-2H3,(H,22,25)(H2,21,23,26). The second-order valence-corrected chi connectivity index (χ2v) is 7.20. The predicted octanol–water partition coefficient (Wildman–Crippen LogP) is 3.22. The van der Waals surface area contributed by atoms with Gasteiger partial charge in [0.2, 0.25) is 5.43 Å². The minimum Gasteiger partial charge on any atom is -0.359 e. The normalized spacial score (nSPS) is 18.0. The van der Waals surface area contributed by atoms with E-state index in [1.54, 1.807) is 6.20 Å². The van der Waals surface area contributed by atoms with Crippen molar-refractivity contribution < 1.29 is 4.79 Å². The van der Waals surface area contributed by atoms with Crippen LogP contribution in [0, 0.1) is 6.92 Å². The number of aromatic nitrogens is 1. The third-order valence-electron chi connectivity index (χ3n) is 5.13. The number of aryl methyl sites for hydroxylation is 1. The molecule has 1 unspecified atom stereocenters. The van der Waals surface area contributed by atoms with Crippen molar-refractivity contribution in [1.29, 1.82) is 0 Å². The smallest absolute Gasteiger partial charge is 0.319 e. The topological polar surface area (TPSA) is 77.2 Å². The third kappa shape index (κ3) is 4.43. The number of piperidine rings is 1. The second kappa shape index (κ2) is 8.36. The molecule has 0 bridgehead atoms. The largest absolute Gasteiger partial charge is 0.359 e.